The highest BCUT2D eigenvalue weighted by Crippen LogP contribution is 2.33. The number of nitrogens with one attached hydrogen (secondary N) is 1. The molecule has 100 valence electrons. The average Bonchev–Trinajstić information content (AvgIpc) is 3.11. The summed E-state index contributed by atoms with van der Waals surface area (Å²) in [6.45, 7) is 7.11. The van der Waals surface area contributed by atoms with Crippen molar-refractivity contribution >= 4 is 0 Å². The fourth-order valence-electron chi connectivity index (χ4n) is 2.48. The summed E-state index contributed by atoms with van der Waals surface area (Å²) in [6, 6.07) is 0.512. The third kappa shape index (κ3) is 3.94. The highest BCUT2D eigenvalue weighted by atomic mass is 16.5. The van der Waals surface area contributed by atoms with Crippen LogP contribution in [-0.2, 0) is 9.47 Å². The van der Waals surface area contributed by atoms with E-state index in [1.54, 1.807) is 0 Å². The molecule has 0 aromatic carbocycles. The lowest BCUT2D eigenvalue weighted by molar-refractivity contribution is -0.147. The molecule has 2 aliphatic carbocycles. The summed E-state index contributed by atoms with van der Waals surface area (Å²) in [6.07, 6.45) is 6.92. The maximum atomic E-state index is 5.95. The number of hydrogen-bond acceptors (Lipinski definition) is 3. The number of likely N-dealkylation sites (N-methyl/N-ethyl adjacent to an activating group) is 1. The molecule has 0 heterocycles. The van der Waals surface area contributed by atoms with Gasteiger partial charge in [-0.15, -0.1) is 0 Å². The molecule has 0 aliphatic heterocycles. The van der Waals surface area contributed by atoms with Crippen molar-refractivity contribution in [3.8, 4) is 0 Å². The van der Waals surface area contributed by atoms with Crippen molar-refractivity contribution in [2.75, 3.05) is 19.8 Å². The topological polar surface area (TPSA) is 30.5 Å². The van der Waals surface area contributed by atoms with Crippen molar-refractivity contribution < 1.29 is 9.47 Å². The van der Waals surface area contributed by atoms with Crippen LogP contribution in [0.1, 0.15) is 46.0 Å². The van der Waals surface area contributed by atoms with Crippen LogP contribution in [0, 0.1) is 5.92 Å². The molecule has 2 fully saturated rings. The maximum absolute atomic E-state index is 5.95. The van der Waals surface area contributed by atoms with Crippen molar-refractivity contribution in [1.29, 1.82) is 0 Å². The van der Waals surface area contributed by atoms with Crippen molar-refractivity contribution in [2.45, 2.75) is 64.2 Å². The van der Waals surface area contributed by atoms with Crippen molar-refractivity contribution in [2.24, 2.45) is 5.92 Å². The summed E-state index contributed by atoms with van der Waals surface area (Å²) in [5.41, 5.74) is 0. The third-order valence-corrected chi connectivity index (χ3v) is 3.78. The zero-order chi connectivity index (χ0) is 12.1. The van der Waals surface area contributed by atoms with Crippen molar-refractivity contribution in [3.63, 3.8) is 0 Å². The molecular weight excluding hydrogens is 214 g/mol. The van der Waals surface area contributed by atoms with Gasteiger partial charge in [-0.3, -0.25) is 0 Å². The molecule has 0 bridgehead atoms. The first-order chi connectivity index (χ1) is 8.35. The van der Waals surface area contributed by atoms with E-state index in [9.17, 15) is 0 Å². The Labute approximate surface area is 105 Å². The molecule has 3 nitrogen and oxygen atoms in total. The second-order valence-electron chi connectivity index (χ2n) is 5.38. The van der Waals surface area contributed by atoms with E-state index in [4.69, 9.17) is 9.47 Å². The SMILES string of the molecule is CCCOC1C(NCC)CC1OCCC1CC1. The van der Waals surface area contributed by atoms with Crippen LogP contribution in [0.4, 0.5) is 0 Å². The molecular formula is C14H27NO2. The predicted octanol–water partition coefficient (Wildman–Crippen LogP) is 2.35. The van der Waals surface area contributed by atoms with E-state index in [1.807, 2.05) is 0 Å². The lowest BCUT2D eigenvalue weighted by Gasteiger charge is -2.44. The molecule has 0 spiro atoms. The maximum Gasteiger partial charge on any atom is 0.0990 e. The van der Waals surface area contributed by atoms with Crippen LogP contribution in [0.5, 0.6) is 0 Å². The van der Waals surface area contributed by atoms with Gasteiger partial charge in [0.25, 0.3) is 0 Å². The fourth-order valence-corrected chi connectivity index (χ4v) is 2.48. The van der Waals surface area contributed by atoms with Crippen LogP contribution in [0.2, 0.25) is 0 Å². The van der Waals surface area contributed by atoms with E-state index in [1.165, 1.54) is 19.3 Å². The van der Waals surface area contributed by atoms with Gasteiger partial charge in [0.15, 0.2) is 0 Å². The van der Waals surface area contributed by atoms with E-state index in [2.05, 4.69) is 19.2 Å². The lowest BCUT2D eigenvalue weighted by atomic mass is 9.85. The molecule has 0 aromatic heterocycles. The number of rotatable bonds is 9. The molecule has 2 aliphatic rings. The largest absolute Gasteiger partial charge is 0.375 e. The highest BCUT2D eigenvalue weighted by Gasteiger charge is 2.42. The summed E-state index contributed by atoms with van der Waals surface area (Å²) in [5.74, 6) is 0.967. The molecule has 1 N–H and O–H groups in total. The van der Waals surface area contributed by atoms with Gasteiger partial charge in [0.05, 0.1) is 12.2 Å². The Balaban J connectivity index is 1.64. The molecule has 0 radical (unpaired) electrons. The highest BCUT2D eigenvalue weighted by molar-refractivity contribution is 4.97. The van der Waals surface area contributed by atoms with Crippen LogP contribution >= 0.6 is 0 Å². The van der Waals surface area contributed by atoms with Gasteiger partial charge in [0.2, 0.25) is 0 Å². The van der Waals surface area contributed by atoms with Crippen LogP contribution in [0.25, 0.3) is 0 Å². The van der Waals surface area contributed by atoms with Crippen molar-refractivity contribution in [1.82, 2.24) is 5.32 Å². The Hall–Kier alpha value is -0.120. The Morgan fingerprint density at radius 1 is 1.12 bits per heavy atom. The first-order valence-corrected chi connectivity index (χ1v) is 7.31. The Bertz CT molecular complexity index is 218. The first-order valence-electron chi connectivity index (χ1n) is 7.31. The minimum atomic E-state index is 0.286. The minimum absolute atomic E-state index is 0.286. The van der Waals surface area contributed by atoms with Crippen LogP contribution in [-0.4, -0.2) is 38.0 Å². The molecule has 0 aromatic rings. The summed E-state index contributed by atoms with van der Waals surface area (Å²) in [7, 11) is 0. The molecule has 0 saturated heterocycles. The van der Waals surface area contributed by atoms with Gasteiger partial charge in [-0.1, -0.05) is 26.7 Å². The van der Waals surface area contributed by atoms with E-state index in [-0.39, 0.29) is 6.10 Å². The van der Waals surface area contributed by atoms with E-state index >= 15 is 0 Å². The Kier molecular flexibility index (Phi) is 5.26. The van der Waals surface area contributed by atoms with Gasteiger partial charge in [-0.05, 0) is 31.7 Å². The average molecular weight is 241 g/mol. The predicted molar refractivity (Wildman–Crippen MR) is 69.2 cm³/mol. The van der Waals surface area contributed by atoms with Crippen LogP contribution in [0.3, 0.4) is 0 Å². The van der Waals surface area contributed by atoms with Gasteiger partial charge in [0, 0.05) is 19.3 Å². The smallest absolute Gasteiger partial charge is 0.0990 e. The monoisotopic (exact) mass is 241 g/mol. The van der Waals surface area contributed by atoms with Gasteiger partial charge >= 0.3 is 0 Å². The summed E-state index contributed by atoms with van der Waals surface area (Å²) in [4.78, 5) is 0. The zero-order valence-electron chi connectivity index (χ0n) is 11.3. The standard InChI is InChI=1S/C14H27NO2/c1-3-8-17-14-12(15-4-2)10-13(14)16-9-7-11-5-6-11/h11-15H,3-10H2,1-2H3. The van der Waals surface area contributed by atoms with E-state index in [0.29, 0.717) is 12.1 Å². The summed E-state index contributed by atoms with van der Waals surface area (Å²) in [5, 5.41) is 3.48. The molecule has 2 saturated carbocycles. The Morgan fingerprint density at radius 2 is 1.94 bits per heavy atom. The van der Waals surface area contributed by atoms with Crippen LogP contribution < -0.4 is 5.32 Å². The Morgan fingerprint density at radius 3 is 2.59 bits per heavy atom. The van der Waals surface area contributed by atoms with Crippen LogP contribution in [0.15, 0.2) is 0 Å². The first kappa shape index (κ1) is 13.3. The number of hydrogen-bond donors (Lipinski definition) is 1. The minimum Gasteiger partial charge on any atom is -0.375 e. The lowest BCUT2D eigenvalue weighted by Crippen LogP contribution is -2.60. The van der Waals surface area contributed by atoms with E-state index in [0.717, 1.165) is 38.5 Å². The molecule has 0 amide bonds. The van der Waals surface area contributed by atoms with Gasteiger partial charge in [-0.2, -0.15) is 0 Å². The second-order valence-corrected chi connectivity index (χ2v) is 5.38. The second kappa shape index (κ2) is 6.72. The normalized spacial score (nSPS) is 32.5. The number of ether oxygens (including phenoxy) is 2. The van der Waals surface area contributed by atoms with Crippen molar-refractivity contribution in [3.05, 3.63) is 0 Å². The molecule has 2 rings (SSSR count). The molecule has 3 atom stereocenters. The molecule has 3 unspecified atom stereocenters. The fraction of sp³-hybridized carbons (Fsp3) is 1.00. The molecule has 3 heteroatoms. The van der Waals surface area contributed by atoms with Gasteiger partial charge < -0.3 is 14.8 Å². The summed E-state index contributed by atoms with van der Waals surface area (Å²) < 4.78 is 11.8. The molecule has 17 heavy (non-hydrogen) atoms. The van der Waals surface area contributed by atoms with Gasteiger partial charge in [-0.25, -0.2) is 0 Å². The quantitative estimate of drug-likeness (QED) is 0.672. The summed E-state index contributed by atoms with van der Waals surface area (Å²) >= 11 is 0. The zero-order valence-corrected chi connectivity index (χ0v) is 11.3. The third-order valence-electron chi connectivity index (χ3n) is 3.78. The van der Waals surface area contributed by atoms with E-state index < -0.39 is 0 Å². The van der Waals surface area contributed by atoms with Gasteiger partial charge in [0.1, 0.15) is 0 Å².